The molecule has 12 rings (SSSR count). The third-order valence-corrected chi connectivity index (χ3v) is 27.7. The molecule has 2 N–H and O–H groups in total. The van der Waals surface area contributed by atoms with Crippen LogP contribution in [-0.2, 0) is 117 Å². The quantitative estimate of drug-likeness (QED) is 0.0325. The summed E-state index contributed by atoms with van der Waals surface area (Å²) < 4.78 is 208. The van der Waals surface area contributed by atoms with E-state index in [9.17, 15) is 99.0 Å². The van der Waals surface area contributed by atoms with Crippen LogP contribution in [0.2, 0.25) is 10.0 Å². The van der Waals surface area contributed by atoms with Crippen molar-refractivity contribution in [2.45, 2.75) is 231 Å². The second-order valence-electron chi connectivity index (χ2n) is 31.4. The average Bonchev–Trinajstić information content (AvgIpc) is 1.73. The van der Waals surface area contributed by atoms with Crippen LogP contribution in [0.3, 0.4) is 0 Å². The van der Waals surface area contributed by atoms with Gasteiger partial charge in [0.25, 0.3) is 0 Å². The number of amides is 1. The molecule has 1 amide bonds. The van der Waals surface area contributed by atoms with E-state index >= 15 is 0 Å². The number of hydrogen-bond acceptors (Lipinski definition) is 23. The number of alkyl halides is 9. The van der Waals surface area contributed by atoms with Crippen LogP contribution in [0.15, 0.2) is 82.1 Å². The first-order valence-corrected chi connectivity index (χ1v) is 46.2. The van der Waals surface area contributed by atoms with E-state index in [-0.39, 0.29) is 88.0 Å². The molecule has 123 heavy (non-hydrogen) atoms. The number of carbonyl (C=O) groups is 5. The number of halogens is 13. The van der Waals surface area contributed by atoms with Crippen molar-refractivity contribution in [2.75, 3.05) is 58.0 Å². The summed E-state index contributed by atoms with van der Waals surface area (Å²) in [5.74, 6) is -3.63. The summed E-state index contributed by atoms with van der Waals surface area (Å²) >= 11 is 19.3. The number of benzene rings is 2. The van der Waals surface area contributed by atoms with Gasteiger partial charge in [-0.05, 0) is 189 Å². The number of fused-ring (bicyclic) bond motifs is 6. The van der Waals surface area contributed by atoms with Crippen molar-refractivity contribution < 1.29 is 152 Å². The number of likely N-dealkylation sites (tertiary alicyclic amines) is 3. The molecule has 46 heteroatoms. The van der Waals surface area contributed by atoms with Crippen molar-refractivity contribution in [1.82, 2.24) is 42.6 Å². The van der Waals surface area contributed by atoms with E-state index in [4.69, 9.17) is 32.5 Å². The molecule has 0 saturated carbocycles. The van der Waals surface area contributed by atoms with Crippen LogP contribution >= 0.6 is 55.1 Å². The van der Waals surface area contributed by atoms with Crippen LogP contribution in [0.5, 0.6) is 0 Å². The molecular weight excluding hydrogens is 1880 g/mol. The van der Waals surface area contributed by atoms with Gasteiger partial charge >= 0.3 is 73.1 Å². The minimum absolute atomic E-state index is 0. The number of hydrogen-bond donors (Lipinski definition) is 2. The van der Waals surface area contributed by atoms with Crippen molar-refractivity contribution in [1.29, 1.82) is 0 Å². The number of pyridine rings is 3. The summed E-state index contributed by atoms with van der Waals surface area (Å²) in [5.41, 5.74) is -0.417. The molecule has 3 aromatic heterocycles. The summed E-state index contributed by atoms with van der Waals surface area (Å²) in [6.07, 6.45) is 2.28. The Balaban J connectivity index is 0.000000272. The molecular formula is C77H100B2Br2Cl2F9N9NaO18S3. The fraction of sp³-hybridized carbons (Fsp3) is 0.584. The molecule has 8 unspecified atom stereocenters. The summed E-state index contributed by atoms with van der Waals surface area (Å²) in [4.78, 5) is 76.5. The number of aromatic nitrogens is 3. The molecule has 7 fully saturated rings. The van der Waals surface area contributed by atoms with Crippen LogP contribution in [0.1, 0.15) is 171 Å². The maximum absolute atomic E-state index is 13.2. The number of rotatable bonds is 15. The molecule has 27 nitrogen and oxygen atoms in total. The largest absolute Gasteiger partial charge is 1.00 e. The minimum atomic E-state index is -4.90. The monoisotopic (exact) mass is 1980 g/mol. The van der Waals surface area contributed by atoms with Gasteiger partial charge in [-0.15, -0.1) is 0 Å². The van der Waals surface area contributed by atoms with Gasteiger partial charge in [-0.25, -0.2) is 44.6 Å². The van der Waals surface area contributed by atoms with Crippen LogP contribution in [0.4, 0.5) is 39.5 Å². The molecule has 8 atom stereocenters. The van der Waals surface area contributed by atoms with Crippen LogP contribution < -0.4 is 35.0 Å². The third kappa shape index (κ3) is 29.0. The number of aldehydes is 1. The van der Waals surface area contributed by atoms with Crippen LogP contribution in [0.25, 0.3) is 11.1 Å². The molecule has 5 aromatic rings. The number of sulfonamides is 3. The van der Waals surface area contributed by atoms with Crippen LogP contribution in [0, 0.1) is 0 Å². The predicted octanol–water partition coefficient (Wildman–Crippen LogP) is 8.83. The van der Waals surface area contributed by atoms with E-state index in [1.807, 2.05) is 53.8 Å². The predicted molar refractivity (Wildman–Crippen MR) is 445 cm³/mol. The Bertz CT molecular complexity index is 4840. The van der Waals surface area contributed by atoms with Gasteiger partial charge in [-0.1, -0.05) is 68.2 Å². The molecule has 7 aliphatic heterocycles. The SMILES string of the molecule is CC(=O)OOC(C)=O.CC1(C)OB(c2ccc(C(C)(O)C(F)(F)F)cc2Cl)OC1(C)C.CCc1cc(C=O)ncc1Br.CCc1cc(CN2CC3CCC(C2)N3S(C)(=O)=O)ncc1-c1ccc(C(C)(O)C(F)(F)F)cc1Cl.CCc1cc(CN2CC3CCC(C2)N3S(C)(=O)=O)ncc1Br.CS(=O)(=O)N1C2CCC1CN(C(=O)C(F)(F)F)C2.[B-]OC(C)=O.[Na+]. The van der Waals surface area contributed by atoms with E-state index < -0.39 is 114 Å². The first-order valence-electron chi connectivity index (χ1n) is 38.3. The molecule has 6 bridgehead atoms. The van der Waals surface area contributed by atoms with Gasteiger partial charge in [0.05, 0.1) is 41.4 Å². The van der Waals surface area contributed by atoms with E-state index in [2.05, 4.69) is 92.1 Å². The first-order chi connectivity index (χ1) is 56.1. The van der Waals surface area contributed by atoms with Gasteiger partial charge in [-0.3, -0.25) is 39.1 Å². The van der Waals surface area contributed by atoms with E-state index in [0.29, 0.717) is 74.4 Å². The average molecular weight is 1980 g/mol. The normalized spacial score (nSPS) is 21.7. The number of carbonyl (C=O) groups excluding carboxylic acids is 5. The molecule has 2 aromatic carbocycles. The standard InChI is InChI=1S/C24H29ClF3N3O3S.C15H19BClF3O3.C15H22BrN3O2S.C9H13F3N2O3S.C8H8BrNO.C4H6O4.C2H3BO2.Na/c1-4-15-9-17(12-30-13-18-6-7-19(14-30)31(18)35(3,33)34)29-11-21(15)20-8-5-16(10-22(20)25)23(2,32)24(26,27)28;1-12(2)13(3,4)23-16(22-12)10-7-6-9(8-11(10)17)14(5,21)15(18,19)20;1-3-11-6-12(17-7-15(11)16)8-18-9-13-4-5-14(10-18)19(13)22(2,20)21;1-18(16,17)14-6-2-3-7(14)5-13(4-6)8(15)9(10,11)12;1-2-6-3-7(5-11)10-4-8(6)9;1-3(5)7-8-4(2)6;1-2(4)5-3;/h5,8-11,18-19,32H,4,6-7,12-14H2,1-3H3;6-8,21H,1-5H3;6-7,13-14H,3-5,8-10H2,1-2H3;6-7H,2-5H2,1H3;3-5H,2H2,1H3;1-2H3;1H3;/q;;;;;;-1;+1. The molecule has 7 saturated heterocycles. The van der Waals surface area contributed by atoms with E-state index in [1.54, 1.807) is 27.1 Å². The Morgan fingerprint density at radius 2 is 0.894 bits per heavy atom. The van der Waals surface area contributed by atoms with Crippen molar-refractivity contribution in [2.24, 2.45) is 0 Å². The third-order valence-electron chi connectivity index (χ3n) is 21.5. The first kappa shape index (κ1) is 108. The van der Waals surface area contributed by atoms with Gasteiger partial charge in [0.1, 0.15) is 5.69 Å². The summed E-state index contributed by atoms with van der Waals surface area (Å²) in [6.45, 7) is 22.5. The Kier molecular flexibility index (Phi) is 38.9. The Morgan fingerprint density at radius 1 is 0.553 bits per heavy atom. The van der Waals surface area contributed by atoms with Crippen molar-refractivity contribution in [3.8, 4) is 11.1 Å². The number of aryl methyl sites for hydroxylation is 3. The Hall–Kier alpha value is -5.03. The van der Waals surface area contributed by atoms with Gasteiger partial charge in [0.15, 0.2) is 17.5 Å². The molecule has 677 valence electrons. The fourth-order valence-electron chi connectivity index (χ4n) is 14.8. The fourth-order valence-corrected chi connectivity index (χ4v) is 20.6. The van der Waals surface area contributed by atoms with E-state index in [0.717, 1.165) is 134 Å². The van der Waals surface area contributed by atoms with E-state index in [1.165, 1.54) is 53.6 Å². The van der Waals surface area contributed by atoms with Crippen molar-refractivity contribution in [3.63, 3.8) is 0 Å². The zero-order chi connectivity index (χ0) is 92.3. The molecule has 10 heterocycles. The number of nitrogens with zero attached hydrogens (tertiary/aromatic N) is 9. The summed E-state index contributed by atoms with van der Waals surface area (Å²) in [7, 11) is -6.21. The summed E-state index contributed by atoms with van der Waals surface area (Å²) in [6, 6.07) is 12.6. The van der Waals surface area contributed by atoms with Crippen LogP contribution in [-0.4, -0.2) is 247 Å². The van der Waals surface area contributed by atoms with Gasteiger partial charge in [0.2, 0.25) is 36.0 Å². The van der Waals surface area contributed by atoms with Gasteiger partial charge in [-0.2, -0.15) is 52.4 Å². The molecule has 7 aliphatic rings. The maximum Gasteiger partial charge on any atom is 1.00 e. The van der Waals surface area contributed by atoms with Gasteiger partial charge in [0, 0.05) is 164 Å². The second-order valence-corrected chi connectivity index (χ2v) is 39.6. The maximum atomic E-state index is 13.2. The molecule has 0 spiro atoms. The Morgan fingerprint density at radius 3 is 1.22 bits per heavy atom. The zero-order valence-corrected chi connectivity index (χ0v) is 79.9. The topological polar surface area (TPSA) is 332 Å². The number of piperazine rings is 3. The molecule has 0 aliphatic carbocycles. The molecule has 3 radical (unpaired) electrons. The number of aliphatic hydroxyl groups is 2. The Labute approximate surface area is 762 Å². The summed E-state index contributed by atoms with van der Waals surface area (Å²) in [5, 5.41) is 19.8. The second kappa shape index (κ2) is 44.1. The van der Waals surface area contributed by atoms with Crippen molar-refractivity contribution >= 4 is 136 Å². The van der Waals surface area contributed by atoms with Crippen molar-refractivity contribution in [3.05, 3.63) is 137 Å². The van der Waals surface area contributed by atoms with Gasteiger partial charge < -0.3 is 37.1 Å². The smallest absolute Gasteiger partial charge is 0.793 e. The zero-order valence-electron chi connectivity index (χ0n) is 70.7. The minimum Gasteiger partial charge on any atom is -0.793 e.